The zero-order valence-corrected chi connectivity index (χ0v) is 17.6. The molecule has 7 heteroatoms. The SMILES string of the molecule is COc1ccc(-c2ncc(-c3ccc(NC(=O)c4ccc(Cl)cc4)cc3)[nH]2)cc1.Cl. The van der Waals surface area contributed by atoms with Crippen LogP contribution in [0.5, 0.6) is 5.75 Å². The number of halogens is 2. The van der Waals surface area contributed by atoms with E-state index in [9.17, 15) is 4.79 Å². The summed E-state index contributed by atoms with van der Waals surface area (Å²) in [7, 11) is 1.64. The van der Waals surface area contributed by atoms with Crippen molar-refractivity contribution in [2.75, 3.05) is 12.4 Å². The van der Waals surface area contributed by atoms with Gasteiger partial charge in [-0.25, -0.2) is 4.98 Å². The van der Waals surface area contributed by atoms with Gasteiger partial charge in [0.2, 0.25) is 0 Å². The topological polar surface area (TPSA) is 67.0 Å². The van der Waals surface area contributed by atoms with Crippen LogP contribution in [-0.2, 0) is 0 Å². The second-order valence-corrected chi connectivity index (χ2v) is 6.85. The minimum Gasteiger partial charge on any atom is -0.497 e. The number of ether oxygens (including phenoxy) is 1. The molecule has 0 bridgehead atoms. The summed E-state index contributed by atoms with van der Waals surface area (Å²) in [6.07, 6.45) is 1.79. The standard InChI is InChI=1S/C23H18ClN3O2.ClH/c1-29-20-12-6-16(7-13-20)22-25-14-21(27-22)15-4-10-19(11-5-15)26-23(28)17-2-8-18(24)9-3-17;/h2-14H,1H3,(H,25,27)(H,26,28);1H. The summed E-state index contributed by atoms with van der Waals surface area (Å²) in [4.78, 5) is 20.1. The Morgan fingerprint density at radius 2 is 1.57 bits per heavy atom. The van der Waals surface area contributed by atoms with Crippen LogP contribution >= 0.6 is 24.0 Å². The number of carbonyl (C=O) groups is 1. The van der Waals surface area contributed by atoms with Gasteiger partial charge in [-0.15, -0.1) is 12.4 Å². The predicted molar refractivity (Wildman–Crippen MR) is 123 cm³/mol. The van der Waals surface area contributed by atoms with Crippen LogP contribution in [0.1, 0.15) is 10.4 Å². The Morgan fingerprint density at radius 1 is 0.933 bits per heavy atom. The summed E-state index contributed by atoms with van der Waals surface area (Å²) in [6.45, 7) is 0. The van der Waals surface area contributed by atoms with Gasteiger partial charge in [-0.3, -0.25) is 4.79 Å². The van der Waals surface area contributed by atoms with Crippen molar-refractivity contribution in [3.05, 3.63) is 89.6 Å². The lowest BCUT2D eigenvalue weighted by molar-refractivity contribution is 0.102. The number of imidazole rings is 1. The van der Waals surface area contributed by atoms with Gasteiger partial charge in [0.05, 0.1) is 19.0 Å². The number of aromatic nitrogens is 2. The maximum atomic E-state index is 12.3. The molecule has 1 heterocycles. The van der Waals surface area contributed by atoms with Crippen LogP contribution < -0.4 is 10.1 Å². The minimum absolute atomic E-state index is 0. The van der Waals surface area contributed by atoms with E-state index in [1.807, 2.05) is 48.5 Å². The molecule has 0 radical (unpaired) electrons. The molecule has 0 aliphatic rings. The molecule has 1 aromatic heterocycles. The van der Waals surface area contributed by atoms with Gasteiger partial charge in [-0.2, -0.15) is 0 Å². The molecule has 0 unspecified atom stereocenters. The summed E-state index contributed by atoms with van der Waals surface area (Å²) in [5.41, 5.74) is 4.11. The Morgan fingerprint density at radius 3 is 2.20 bits per heavy atom. The molecular weight excluding hydrogens is 421 g/mol. The molecule has 4 aromatic rings. The van der Waals surface area contributed by atoms with Gasteiger partial charge in [0, 0.05) is 21.8 Å². The van der Waals surface area contributed by atoms with Crippen molar-refractivity contribution < 1.29 is 9.53 Å². The summed E-state index contributed by atoms with van der Waals surface area (Å²) in [5, 5.41) is 3.48. The van der Waals surface area contributed by atoms with E-state index in [0.29, 0.717) is 16.3 Å². The number of rotatable bonds is 5. The average molecular weight is 440 g/mol. The number of amides is 1. The quantitative estimate of drug-likeness (QED) is 0.395. The van der Waals surface area contributed by atoms with Crippen LogP contribution in [0, 0.1) is 0 Å². The number of aromatic amines is 1. The third kappa shape index (κ3) is 4.82. The van der Waals surface area contributed by atoms with Gasteiger partial charge in [0.15, 0.2) is 0 Å². The number of H-pyrrole nitrogens is 1. The summed E-state index contributed by atoms with van der Waals surface area (Å²) >= 11 is 5.86. The highest BCUT2D eigenvalue weighted by Gasteiger charge is 2.08. The second kappa shape index (κ2) is 9.48. The molecule has 0 atom stereocenters. The molecule has 2 N–H and O–H groups in total. The minimum atomic E-state index is -0.183. The van der Waals surface area contributed by atoms with Gasteiger partial charge < -0.3 is 15.0 Å². The monoisotopic (exact) mass is 439 g/mol. The summed E-state index contributed by atoms with van der Waals surface area (Å²) in [6, 6.07) is 22.1. The number of hydrogen-bond acceptors (Lipinski definition) is 3. The van der Waals surface area contributed by atoms with Gasteiger partial charge in [0.25, 0.3) is 5.91 Å². The molecule has 152 valence electrons. The Balaban J connectivity index is 0.00000256. The van der Waals surface area contributed by atoms with E-state index in [4.69, 9.17) is 16.3 Å². The third-order valence-electron chi connectivity index (χ3n) is 4.50. The van der Waals surface area contributed by atoms with Crippen LogP contribution in [0.15, 0.2) is 79.0 Å². The van der Waals surface area contributed by atoms with Gasteiger partial charge in [0.1, 0.15) is 11.6 Å². The van der Waals surface area contributed by atoms with Gasteiger partial charge in [-0.1, -0.05) is 23.7 Å². The van der Waals surface area contributed by atoms with Gasteiger partial charge in [-0.05, 0) is 66.2 Å². The maximum Gasteiger partial charge on any atom is 0.255 e. The number of nitrogens with zero attached hydrogens (tertiary/aromatic N) is 1. The fourth-order valence-electron chi connectivity index (χ4n) is 2.90. The van der Waals surface area contributed by atoms with Crippen LogP contribution in [0.2, 0.25) is 5.02 Å². The highest BCUT2D eigenvalue weighted by molar-refractivity contribution is 6.30. The number of hydrogen-bond donors (Lipinski definition) is 2. The molecule has 0 aliphatic carbocycles. The van der Waals surface area contributed by atoms with E-state index < -0.39 is 0 Å². The highest BCUT2D eigenvalue weighted by atomic mass is 35.5. The molecule has 0 aliphatic heterocycles. The van der Waals surface area contributed by atoms with Crippen molar-refractivity contribution in [1.29, 1.82) is 0 Å². The first kappa shape index (κ1) is 21.4. The number of methoxy groups -OCH3 is 1. The Bertz CT molecular complexity index is 1120. The largest absolute Gasteiger partial charge is 0.497 e. The van der Waals surface area contributed by atoms with E-state index in [0.717, 1.165) is 28.4 Å². The molecule has 0 fully saturated rings. The third-order valence-corrected chi connectivity index (χ3v) is 4.75. The first-order valence-electron chi connectivity index (χ1n) is 8.99. The first-order valence-corrected chi connectivity index (χ1v) is 9.37. The zero-order valence-electron chi connectivity index (χ0n) is 16.1. The number of anilines is 1. The van der Waals surface area contributed by atoms with E-state index in [2.05, 4.69) is 15.3 Å². The second-order valence-electron chi connectivity index (χ2n) is 6.41. The van der Waals surface area contributed by atoms with Crippen molar-refractivity contribution in [3.8, 4) is 28.4 Å². The van der Waals surface area contributed by atoms with Crippen molar-refractivity contribution >= 4 is 35.6 Å². The normalized spacial score (nSPS) is 10.2. The smallest absolute Gasteiger partial charge is 0.255 e. The van der Waals surface area contributed by atoms with Crippen molar-refractivity contribution in [3.63, 3.8) is 0 Å². The molecular formula is C23H19Cl2N3O2. The van der Waals surface area contributed by atoms with E-state index >= 15 is 0 Å². The predicted octanol–water partition coefficient (Wildman–Crippen LogP) is 6.08. The van der Waals surface area contributed by atoms with Crippen molar-refractivity contribution in [2.45, 2.75) is 0 Å². The fraction of sp³-hybridized carbons (Fsp3) is 0.0435. The zero-order chi connectivity index (χ0) is 20.2. The molecule has 0 saturated carbocycles. The Kier molecular flexibility index (Phi) is 6.77. The lowest BCUT2D eigenvalue weighted by atomic mass is 10.1. The lowest BCUT2D eigenvalue weighted by Crippen LogP contribution is -2.11. The number of benzene rings is 3. The van der Waals surface area contributed by atoms with E-state index in [1.54, 1.807) is 37.6 Å². The Labute approximate surface area is 185 Å². The molecule has 1 amide bonds. The van der Waals surface area contributed by atoms with Crippen LogP contribution in [-0.4, -0.2) is 23.0 Å². The van der Waals surface area contributed by atoms with E-state index in [-0.39, 0.29) is 18.3 Å². The lowest BCUT2D eigenvalue weighted by Gasteiger charge is -2.06. The molecule has 30 heavy (non-hydrogen) atoms. The van der Waals surface area contributed by atoms with Crippen molar-refractivity contribution in [2.24, 2.45) is 0 Å². The summed E-state index contributed by atoms with van der Waals surface area (Å²) in [5.74, 6) is 1.40. The molecule has 0 saturated heterocycles. The highest BCUT2D eigenvalue weighted by Crippen LogP contribution is 2.25. The van der Waals surface area contributed by atoms with Crippen molar-refractivity contribution in [1.82, 2.24) is 9.97 Å². The Hall–Kier alpha value is -3.28. The maximum absolute atomic E-state index is 12.3. The fourth-order valence-corrected chi connectivity index (χ4v) is 3.03. The van der Waals surface area contributed by atoms with Crippen LogP contribution in [0.4, 0.5) is 5.69 Å². The first-order chi connectivity index (χ1) is 14.1. The molecule has 0 spiro atoms. The van der Waals surface area contributed by atoms with Gasteiger partial charge >= 0.3 is 0 Å². The average Bonchev–Trinajstić information content (AvgIpc) is 3.25. The van der Waals surface area contributed by atoms with E-state index in [1.165, 1.54) is 0 Å². The summed E-state index contributed by atoms with van der Waals surface area (Å²) < 4.78 is 5.19. The van der Waals surface area contributed by atoms with Crippen LogP contribution in [0.3, 0.4) is 0 Å². The number of nitrogens with one attached hydrogen (secondary N) is 2. The molecule has 4 rings (SSSR count). The number of carbonyl (C=O) groups excluding carboxylic acids is 1. The molecule has 3 aromatic carbocycles. The van der Waals surface area contributed by atoms with Crippen LogP contribution in [0.25, 0.3) is 22.6 Å². The molecule has 5 nitrogen and oxygen atoms in total.